The van der Waals surface area contributed by atoms with Gasteiger partial charge in [0.15, 0.2) is 0 Å². The van der Waals surface area contributed by atoms with Gasteiger partial charge in [0.05, 0.1) is 24.1 Å². The Morgan fingerprint density at radius 1 is 1.61 bits per heavy atom. The van der Waals surface area contributed by atoms with E-state index in [1.54, 1.807) is 4.90 Å². The summed E-state index contributed by atoms with van der Waals surface area (Å²) in [5.41, 5.74) is 7.19. The number of hydrogen-bond donors (Lipinski definition) is 3. The van der Waals surface area contributed by atoms with Crippen molar-refractivity contribution in [2.75, 3.05) is 36.1 Å². The third-order valence-corrected chi connectivity index (χ3v) is 3.90. The SMILES string of the molecule is CNc1ccc2c(c1)N(CC(O)CN)C(=O)CS2. The maximum atomic E-state index is 11.9. The molecule has 2 rings (SSSR count). The minimum Gasteiger partial charge on any atom is -0.390 e. The average Bonchev–Trinajstić information content (AvgIpc) is 2.41. The summed E-state index contributed by atoms with van der Waals surface area (Å²) in [7, 11) is 1.83. The highest BCUT2D eigenvalue weighted by Crippen LogP contribution is 2.37. The first-order chi connectivity index (χ1) is 8.65. The molecule has 1 unspecified atom stereocenters. The van der Waals surface area contributed by atoms with Crippen molar-refractivity contribution in [3.8, 4) is 0 Å². The summed E-state index contributed by atoms with van der Waals surface area (Å²) < 4.78 is 0. The molecule has 1 atom stereocenters. The smallest absolute Gasteiger partial charge is 0.237 e. The molecule has 0 bridgehead atoms. The maximum absolute atomic E-state index is 11.9. The number of aliphatic hydroxyl groups is 1. The lowest BCUT2D eigenvalue weighted by molar-refractivity contribution is -0.116. The molecule has 1 aliphatic rings. The van der Waals surface area contributed by atoms with Gasteiger partial charge in [0.1, 0.15) is 0 Å². The van der Waals surface area contributed by atoms with Crippen LogP contribution in [-0.4, -0.2) is 43.0 Å². The average molecular weight is 267 g/mol. The van der Waals surface area contributed by atoms with Crippen LogP contribution in [0.3, 0.4) is 0 Å². The zero-order valence-corrected chi connectivity index (χ0v) is 11.0. The third kappa shape index (κ3) is 2.60. The van der Waals surface area contributed by atoms with Gasteiger partial charge < -0.3 is 21.1 Å². The number of nitrogens with one attached hydrogen (secondary N) is 1. The van der Waals surface area contributed by atoms with Gasteiger partial charge in [-0.2, -0.15) is 0 Å². The molecular weight excluding hydrogens is 250 g/mol. The maximum Gasteiger partial charge on any atom is 0.237 e. The molecule has 0 spiro atoms. The molecule has 1 aliphatic heterocycles. The molecule has 18 heavy (non-hydrogen) atoms. The monoisotopic (exact) mass is 267 g/mol. The first-order valence-electron chi connectivity index (χ1n) is 5.78. The van der Waals surface area contributed by atoms with E-state index in [0.29, 0.717) is 5.75 Å². The van der Waals surface area contributed by atoms with Crippen LogP contribution in [0.25, 0.3) is 0 Å². The molecule has 1 aromatic rings. The Kier molecular flexibility index (Phi) is 4.11. The van der Waals surface area contributed by atoms with E-state index < -0.39 is 6.10 Å². The molecule has 5 nitrogen and oxygen atoms in total. The summed E-state index contributed by atoms with van der Waals surface area (Å²) in [6.07, 6.45) is -0.692. The summed E-state index contributed by atoms with van der Waals surface area (Å²) in [5, 5.41) is 12.7. The van der Waals surface area contributed by atoms with E-state index in [9.17, 15) is 9.90 Å². The Labute approximate surface area is 110 Å². The van der Waals surface area contributed by atoms with Crippen LogP contribution in [0.5, 0.6) is 0 Å². The second kappa shape index (κ2) is 5.60. The predicted octanol–water partition coefficient (Wildman–Crippen LogP) is 0.487. The summed E-state index contributed by atoms with van der Waals surface area (Å²) in [4.78, 5) is 14.6. The molecule has 6 heteroatoms. The van der Waals surface area contributed by atoms with Crippen LogP contribution in [0.15, 0.2) is 23.1 Å². The van der Waals surface area contributed by atoms with Crippen molar-refractivity contribution in [1.29, 1.82) is 0 Å². The van der Waals surface area contributed by atoms with Gasteiger partial charge in [0, 0.05) is 24.2 Å². The molecular formula is C12H17N3O2S. The van der Waals surface area contributed by atoms with Crippen LogP contribution < -0.4 is 16.0 Å². The second-order valence-electron chi connectivity index (χ2n) is 4.12. The van der Waals surface area contributed by atoms with Gasteiger partial charge in [0.25, 0.3) is 0 Å². The highest BCUT2D eigenvalue weighted by Gasteiger charge is 2.26. The Hall–Kier alpha value is -1.24. The number of nitrogens with two attached hydrogens (primary N) is 1. The van der Waals surface area contributed by atoms with Crippen molar-refractivity contribution in [3.63, 3.8) is 0 Å². The van der Waals surface area contributed by atoms with Crippen molar-refractivity contribution in [2.45, 2.75) is 11.0 Å². The molecule has 0 aromatic heterocycles. The number of hydrogen-bond acceptors (Lipinski definition) is 5. The van der Waals surface area contributed by atoms with Crippen LogP contribution in [0.1, 0.15) is 0 Å². The van der Waals surface area contributed by atoms with Crippen molar-refractivity contribution in [1.82, 2.24) is 0 Å². The van der Waals surface area contributed by atoms with E-state index in [1.807, 2.05) is 25.2 Å². The molecule has 1 heterocycles. The van der Waals surface area contributed by atoms with Crippen molar-refractivity contribution < 1.29 is 9.90 Å². The lowest BCUT2D eigenvalue weighted by Gasteiger charge is -2.30. The van der Waals surface area contributed by atoms with Crippen molar-refractivity contribution >= 4 is 29.0 Å². The van der Waals surface area contributed by atoms with Gasteiger partial charge in [0.2, 0.25) is 5.91 Å². The minimum absolute atomic E-state index is 0.00764. The number of fused-ring (bicyclic) bond motifs is 1. The van der Waals surface area contributed by atoms with E-state index in [4.69, 9.17) is 5.73 Å². The predicted molar refractivity (Wildman–Crippen MR) is 74.1 cm³/mol. The van der Waals surface area contributed by atoms with Gasteiger partial charge >= 0.3 is 0 Å². The number of thioether (sulfide) groups is 1. The number of amides is 1. The highest BCUT2D eigenvalue weighted by molar-refractivity contribution is 8.00. The Morgan fingerprint density at radius 2 is 2.39 bits per heavy atom. The number of carbonyl (C=O) groups is 1. The lowest BCUT2D eigenvalue weighted by atomic mass is 10.2. The molecule has 0 radical (unpaired) electrons. The summed E-state index contributed by atoms with van der Waals surface area (Å²) in [5.74, 6) is 0.414. The normalized spacial score (nSPS) is 16.4. The molecule has 0 saturated carbocycles. The minimum atomic E-state index is -0.692. The lowest BCUT2D eigenvalue weighted by Crippen LogP contribution is -2.43. The van der Waals surface area contributed by atoms with E-state index >= 15 is 0 Å². The quantitative estimate of drug-likeness (QED) is 0.740. The summed E-state index contributed by atoms with van der Waals surface area (Å²) in [6, 6.07) is 5.88. The van der Waals surface area contributed by atoms with E-state index in [0.717, 1.165) is 16.3 Å². The van der Waals surface area contributed by atoms with Crippen molar-refractivity contribution in [3.05, 3.63) is 18.2 Å². The van der Waals surface area contributed by atoms with Crippen LogP contribution >= 0.6 is 11.8 Å². The second-order valence-corrected chi connectivity index (χ2v) is 5.13. The fourth-order valence-electron chi connectivity index (χ4n) is 1.84. The Balaban J connectivity index is 2.32. The first kappa shape index (κ1) is 13.2. The highest BCUT2D eigenvalue weighted by atomic mass is 32.2. The fourth-order valence-corrected chi connectivity index (χ4v) is 2.76. The molecule has 1 amide bonds. The molecule has 4 N–H and O–H groups in total. The van der Waals surface area contributed by atoms with Crippen LogP contribution in [0.2, 0.25) is 0 Å². The van der Waals surface area contributed by atoms with Crippen LogP contribution in [0, 0.1) is 0 Å². The number of nitrogens with zero attached hydrogens (tertiary/aromatic N) is 1. The topological polar surface area (TPSA) is 78.6 Å². The Bertz CT molecular complexity index is 453. The zero-order valence-electron chi connectivity index (χ0n) is 10.2. The van der Waals surface area contributed by atoms with Gasteiger partial charge in [-0.1, -0.05) is 0 Å². The van der Waals surface area contributed by atoms with Crippen LogP contribution in [0.4, 0.5) is 11.4 Å². The standard InChI is InChI=1S/C12H17N3O2S/c1-14-8-2-3-11-10(4-8)15(6-9(16)5-13)12(17)7-18-11/h2-4,9,14,16H,5-7,13H2,1H3. The van der Waals surface area contributed by atoms with Gasteiger partial charge in [-0.3, -0.25) is 4.79 Å². The molecule has 1 aromatic carbocycles. The molecule has 0 saturated heterocycles. The molecule has 0 fully saturated rings. The number of aliphatic hydroxyl groups excluding tert-OH is 1. The fraction of sp³-hybridized carbons (Fsp3) is 0.417. The summed E-state index contributed by atoms with van der Waals surface area (Å²) >= 11 is 1.52. The van der Waals surface area contributed by atoms with E-state index in [2.05, 4.69) is 5.32 Å². The number of benzene rings is 1. The molecule has 98 valence electrons. The van der Waals surface area contributed by atoms with Gasteiger partial charge in [-0.05, 0) is 18.2 Å². The first-order valence-corrected chi connectivity index (χ1v) is 6.77. The third-order valence-electron chi connectivity index (χ3n) is 2.86. The van der Waals surface area contributed by atoms with Crippen molar-refractivity contribution in [2.24, 2.45) is 5.73 Å². The molecule has 0 aliphatic carbocycles. The largest absolute Gasteiger partial charge is 0.390 e. The van der Waals surface area contributed by atoms with Gasteiger partial charge in [-0.15, -0.1) is 11.8 Å². The Morgan fingerprint density at radius 3 is 3.06 bits per heavy atom. The number of rotatable bonds is 4. The number of carbonyl (C=O) groups excluding carboxylic acids is 1. The van der Waals surface area contributed by atoms with Gasteiger partial charge in [-0.25, -0.2) is 0 Å². The number of β-amino-alcohol motifs (C(OH)–C–C–N with tert-alkyl or cyclic N) is 1. The zero-order chi connectivity index (χ0) is 13.1. The number of anilines is 2. The van der Waals surface area contributed by atoms with Crippen LogP contribution in [-0.2, 0) is 4.79 Å². The van der Waals surface area contributed by atoms with E-state index in [1.165, 1.54) is 11.8 Å². The van der Waals surface area contributed by atoms with E-state index in [-0.39, 0.29) is 19.0 Å². The summed E-state index contributed by atoms with van der Waals surface area (Å²) in [6.45, 7) is 0.397.